The van der Waals surface area contributed by atoms with Crippen LogP contribution in [0.5, 0.6) is 5.75 Å². The zero-order valence-electron chi connectivity index (χ0n) is 13.6. The number of fused-ring (bicyclic) bond motifs is 1. The molecule has 10 heteroatoms. The molecule has 0 bridgehead atoms. The molecule has 9 nitrogen and oxygen atoms in total. The molecule has 1 aliphatic heterocycles. The van der Waals surface area contributed by atoms with E-state index in [4.69, 9.17) is 9.88 Å². The molecule has 1 aliphatic carbocycles. The molecule has 0 aromatic heterocycles. The lowest BCUT2D eigenvalue weighted by Crippen LogP contribution is -2.35. The van der Waals surface area contributed by atoms with Crippen LogP contribution in [0.15, 0.2) is 17.0 Å². The van der Waals surface area contributed by atoms with Crippen LogP contribution in [0.3, 0.4) is 0 Å². The van der Waals surface area contributed by atoms with Gasteiger partial charge in [-0.2, -0.15) is 0 Å². The van der Waals surface area contributed by atoms with Gasteiger partial charge in [0.2, 0.25) is 10.0 Å². The summed E-state index contributed by atoms with van der Waals surface area (Å²) < 4.78 is 28.6. The SMILES string of the molecule is NS(=O)(=O)c1cc2c(c([N+](=O)[O-])c1)N[C@H](CC1CCC(O)CC1)CO2. The number of nitrogens with zero attached hydrogens (tertiary/aromatic N) is 1. The number of aliphatic hydroxyl groups is 1. The molecular formula is C15H21N3O6S. The normalized spacial score (nSPS) is 26.2. The van der Waals surface area contributed by atoms with Gasteiger partial charge >= 0.3 is 0 Å². The first-order valence-corrected chi connectivity index (χ1v) is 9.71. The first kappa shape index (κ1) is 17.9. The number of nitro groups is 1. The van der Waals surface area contributed by atoms with Crippen molar-refractivity contribution in [2.45, 2.75) is 49.1 Å². The standard InChI is InChI=1S/C15H21N3O6S/c16-25(22,23)12-6-13(18(20)21)15-14(7-12)24-8-10(17-15)5-9-1-3-11(19)4-2-9/h6-7,9-11,17,19H,1-5,8H2,(H2,16,22,23)/t9?,10-,11?/m1/s1. The summed E-state index contributed by atoms with van der Waals surface area (Å²) in [7, 11) is -4.07. The lowest BCUT2D eigenvalue weighted by molar-refractivity contribution is -0.384. The second kappa shape index (κ2) is 6.77. The molecule has 0 amide bonds. The van der Waals surface area contributed by atoms with Crippen LogP contribution in [-0.2, 0) is 10.0 Å². The number of sulfonamides is 1. The van der Waals surface area contributed by atoms with E-state index in [0.717, 1.165) is 38.2 Å². The Labute approximate surface area is 145 Å². The number of hydrogen-bond donors (Lipinski definition) is 3. The molecule has 1 heterocycles. The van der Waals surface area contributed by atoms with Gasteiger partial charge in [-0.3, -0.25) is 10.1 Å². The highest BCUT2D eigenvalue weighted by Crippen LogP contribution is 2.41. The summed E-state index contributed by atoms with van der Waals surface area (Å²) in [5.41, 5.74) is -0.185. The zero-order chi connectivity index (χ0) is 18.2. The average Bonchev–Trinajstić information content (AvgIpc) is 2.55. The predicted octanol–water partition coefficient (Wildman–Crippen LogP) is 1.36. The van der Waals surface area contributed by atoms with Gasteiger partial charge in [-0.05, 0) is 38.0 Å². The first-order chi connectivity index (χ1) is 11.7. The molecule has 1 aromatic rings. The molecule has 2 aliphatic rings. The van der Waals surface area contributed by atoms with E-state index < -0.39 is 14.9 Å². The molecule has 138 valence electrons. The van der Waals surface area contributed by atoms with Crippen molar-refractivity contribution in [2.24, 2.45) is 11.1 Å². The monoisotopic (exact) mass is 371 g/mol. The van der Waals surface area contributed by atoms with Gasteiger partial charge in [-0.15, -0.1) is 0 Å². The molecule has 0 radical (unpaired) electrons. The summed E-state index contributed by atoms with van der Waals surface area (Å²) in [6.45, 7) is 0.289. The van der Waals surface area contributed by atoms with Crippen molar-refractivity contribution in [3.63, 3.8) is 0 Å². The maximum atomic E-state index is 11.5. The number of rotatable bonds is 4. The minimum atomic E-state index is -4.07. The van der Waals surface area contributed by atoms with E-state index in [2.05, 4.69) is 5.32 Å². The van der Waals surface area contributed by atoms with Crippen LogP contribution in [-0.4, -0.2) is 37.2 Å². The van der Waals surface area contributed by atoms with E-state index in [1.165, 1.54) is 6.07 Å². The molecule has 0 unspecified atom stereocenters. The van der Waals surface area contributed by atoms with Crippen molar-refractivity contribution in [3.8, 4) is 5.75 Å². The molecule has 4 N–H and O–H groups in total. The van der Waals surface area contributed by atoms with Crippen molar-refractivity contribution in [2.75, 3.05) is 11.9 Å². The van der Waals surface area contributed by atoms with Crippen molar-refractivity contribution in [3.05, 3.63) is 22.2 Å². The number of anilines is 1. The highest BCUT2D eigenvalue weighted by molar-refractivity contribution is 7.89. The first-order valence-electron chi connectivity index (χ1n) is 8.16. The number of benzene rings is 1. The maximum absolute atomic E-state index is 11.5. The van der Waals surface area contributed by atoms with E-state index in [0.29, 0.717) is 5.92 Å². The lowest BCUT2D eigenvalue weighted by atomic mass is 9.83. The van der Waals surface area contributed by atoms with Crippen LogP contribution in [0.4, 0.5) is 11.4 Å². The van der Waals surface area contributed by atoms with Crippen LogP contribution in [0.25, 0.3) is 0 Å². The van der Waals surface area contributed by atoms with Crippen molar-refractivity contribution < 1.29 is 23.2 Å². The zero-order valence-corrected chi connectivity index (χ0v) is 14.4. The molecule has 1 atom stereocenters. The fourth-order valence-electron chi connectivity index (χ4n) is 3.49. The van der Waals surface area contributed by atoms with E-state index in [-0.39, 0.29) is 40.8 Å². The fourth-order valence-corrected chi connectivity index (χ4v) is 4.04. The number of nitrogens with one attached hydrogen (secondary N) is 1. The highest BCUT2D eigenvalue weighted by atomic mass is 32.2. The molecule has 1 aromatic carbocycles. The number of nitrogens with two attached hydrogens (primary N) is 1. The number of hydrogen-bond acceptors (Lipinski definition) is 7. The van der Waals surface area contributed by atoms with Crippen LogP contribution in [0.1, 0.15) is 32.1 Å². The molecule has 0 saturated heterocycles. The summed E-state index contributed by atoms with van der Waals surface area (Å²) >= 11 is 0. The van der Waals surface area contributed by atoms with E-state index >= 15 is 0 Å². The molecule has 0 spiro atoms. The van der Waals surface area contributed by atoms with Crippen molar-refractivity contribution >= 4 is 21.4 Å². The van der Waals surface area contributed by atoms with Crippen LogP contribution in [0, 0.1) is 16.0 Å². The summed E-state index contributed by atoms with van der Waals surface area (Å²) in [5, 5.41) is 29.1. The van der Waals surface area contributed by atoms with Crippen LogP contribution < -0.4 is 15.2 Å². The quantitative estimate of drug-likeness (QED) is 0.535. The van der Waals surface area contributed by atoms with Gasteiger partial charge in [-0.25, -0.2) is 13.6 Å². The largest absolute Gasteiger partial charge is 0.489 e. The van der Waals surface area contributed by atoms with Gasteiger partial charge in [0.1, 0.15) is 6.61 Å². The third-order valence-corrected chi connectivity index (χ3v) is 5.70. The summed E-state index contributed by atoms with van der Waals surface area (Å²) in [4.78, 5) is 10.3. The topological polar surface area (TPSA) is 145 Å². The Bertz CT molecular complexity index is 774. The fraction of sp³-hybridized carbons (Fsp3) is 0.600. The van der Waals surface area contributed by atoms with Crippen molar-refractivity contribution in [1.29, 1.82) is 0 Å². The van der Waals surface area contributed by atoms with E-state index in [1.54, 1.807) is 0 Å². The number of primary sulfonamides is 1. The summed E-state index contributed by atoms with van der Waals surface area (Å²) in [5.74, 6) is 0.544. The van der Waals surface area contributed by atoms with Gasteiger partial charge in [0.05, 0.1) is 22.0 Å². The molecular weight excluding hydrogens is 350 g/mol. The van der Waals surface area contributed by atoms with Gasteiger partial charge < -0.3 is 15.2 Å². The Morgan fingerprint density at radius 3 is 2.60 bits per heavy atom. The van der Waals surface area contributed by atoms with Crippen LogP contribution >= 0.6 is 0 Å². The summed E-state index contributed by atoms with van der Waals surface area (Å²) in [6, 6.07) is 2.05. The second-order valence-corrected chi connectivity index (χ2v) is 8.24. The van der Waals surface area contributed by atoms with Gasteiger partial charge in [0.25, 0.3) is 5.69 Å². The van der Waals surface area contributed by atoms with E-state index in [9.17, 15) is 23.6 Å². The molecule has 3 rings (SSSR count). The lowest BCUT2D eigenvalue weighted by Gasteiger charge is -2.32. The molecule has 1 fully saturated rings. The smallest absolute Gasteiger partial charge is 0.297 e. The highest BCUT2D eigenvalue weighted by Gasteiger charge is 2.31. The number of nitro benzene ring substituents is 1. The Hall–Kier alpha value is -1.91. The van der Waals surface area contributed by atoms with E-state index in [1.807, 2.05) is 0 Å². The Balaban J connectivity index is 1.81. The van der Waals surface area contributed by atoms with Crippen molar-refractivity contribution in [1.82, 2.24) is 0 Å². The maximum Gasteiger partial charge on any atom is 0.297 e. The third kappa shape index (κ3) is 4.02. The summed E-state index contributed by atoms with van der Waals surface area (Å²) in [6.07, 6.45) is 3.92. The Morgan fingerprint density at radius 1 is 1.32 bits per heavy atom. The van der Waals surface area contributed by atoms with Crippen LogP contribution in [0.2, 0.25) is 0 Å². The predicted molar refractivity (Wildman–Crippen MR) is 90.0 cm³/mol. The third-order valence-electron chi connectivity index (χ3n) is 4.80. The Morgan fingerprint density at radius 2 is 2.00 bits per heavy atom. The minimum Gasteiger partial charge on any atom is -0.489 e. The number of ether oxygens (including phenoxy) is 1. The minimum absolute atomic E-state index is 0.105. The average molecular weight is 371 g/mol. The van der Waals surface area contributed by atoms with Gasteiger partial charge in [0.15, 0.2) is 11.4 Å². The molecule has 1 saturated carbocycles. The number of aliphatic hydroxyl groups excluding tert-OH is 1. The van der Waals surface area contributed by atoms with Gasteiger partial charge in [0, 0.05) is 12.1 Å². The Kier molecular flexibility index (Phi) is 4.85. The second-order valence-electron chi connectivity index (χ2n) is 6.68. The van der Waals surface area contributed by atoms with Gasteiger partial charge in [-0.1, -0.05) is 0 Å². The molecule has 25 heavy (non-hydrogen) atoms.